The number of rotatable bonds is 8. The van der Waals surface area contributed by atoms with Crippen molar-refractivity contribution in [3.05, 3.63) is 11.9 Å². The number of hydrogen-bond acceptors (Lipinski definition) is 6. The summed E-state index contributed by atoms with van der Waals surface area (Å²) in [5.74, 6) is 3.75. The Morgan fingerprint density at radius 2 is 2.06 bits per heavy atom. The number of aromatic nitrogens is 2. The summed E-state index contributed by atoms with van der Waals surface area (Å²) in [5.41, 5.74) is 1.04. The molecule has 3 N–H and O–H groups in total. The first kappa shape index (κ1) is 14.1. The SMILES string of the molecule is CNc1ncnc(NCCSCCCO)c1C. The summed E-state index contributed by atoms with van der Waals surface area (Å²) < 4.78 is 0. The van der Waals surface area contributed by atoms with Crippen LogP contribution in [0.1, 0.15) is 12.0 Å². The smallest absolute Gasteiger partial charge is 0.134 e. The lowest BCUT2D eigenvalue weighted by atomic mass is 10.3. The van der Waals surface area contributed by atoms with Gasteiger partial charge in [-0.2, -0.15) is 11.8 Å². The highest BCUT2D eigenvalue weighted by Gasteiger charge is 2.04. The van der Waals surface area contributed by atoms with Gasteiger partial charge in [-0.3, -0.25) is 0 Å². The zero-order valence-corrected chi connectivity index (χ0v) is 11.2. The van der Waals surface area contributed by atoms with E-state index in [9.17, 15) is 0 Å². The van der Waals surface area contributed by atoms with E-state index in [2.05, 4.69) is 20.6 Å². The van der Waals surface area contributed by atoms with E-state index in [1.54, 1.807) is 6.33 Å². The lowest BCUT2D eigenvalue weighted by molar-refractivity contribution is 0.296. The summed E-state index contributed by atoms with van der Waals surface area (Å²) >= 11 is 1.83. The standard InChI is InChI=1S/C11H20N4OS/c1-9-10(12-2)14-8-15-11(9)13-4-7-17-6-3-5-16/h8,16H,3-7H2,1-2H3,(H2,12,13,14,15). The second-order valence-corrected chi connectivity index (χ2v) is 4.79. The quantitative estimate of drug-likeness (QED) is 0.610. The van der Waals surface area contributed by atoms with Crippen molar-refractivity contribution < 1.29 is 5.11 Å². The van der Waals surface area contributed by atoms with Crippen LogP contribution in [0.3, 0.4) is 0 Å². The molecule has 1 aromatic heterocycles. The van der Waals surface area contributed by atoms with Crippen molar-refractivity contribution in [2.75, 3.05) is 42.3 Å². The Morgan fingerprint density at radius 1 is 1.29 bits per heavy atom. The summed E-state index contributed by atoms with van der Waals surface area (Å²) in [7, 11) is 1.85. The highest BCUT2D eigenvalue weighted by atomic mass is 32.2. The third kappa shape index (κ3) is 4.79. The van der Waals surface area contributed by atoms with Crippen molar-refractivity contribution in [1.82, 2.24) is 9.97 Å². The molecule has 0 unspecified atom stereocenters. The molecular formula is C11H20N4OS. The molecule has 0 amide bonds. The number of nitrogens with one attached hydrogen (secondary N) is 2. The van der Waals surface area contributed by atoms with Gasteiger partial charge in [0.25, 0.3) is 0 Å². The molecule has 1 aromatic rings. The van der Waals surface area contributed by atoms with Gasteiger partial charge in [0, 0.05) is 31.5 Å². The second-order valence-electron chi connectivity index (χ2n) is 3.56. The maximum absolute atomic E-state index is 8.64. The predicted molar refractivity (Wildman–Crippen MR) is 73.8 cm³/mol. The van der Waals surface area contributed by atoms with Crippen molar-refractivity contribution in [3.8, 4) is 0 Å². The Balaban J connectivity index is 2.31. The van der Waals surface area contributed by atoms with Crippen LogP contribution in [0, 0.1) is 6.92 Å². The highest BCUT2D eigenvalue weighted by molar-refractivity contribution is 7.99. The van der Waals surface area contributed by atoms with Gasteiger partial charge in [0.2, 0.25) is 0 Å². The minimum absolute atomic E-state index is 0.275. The van der Waals surface area contributed by atoms with Crippen molar-refractivity contribution in [2.24, 2.45) is 0 Å². The van der Waals surface area contributed by atoms with Gasteiger partial charge in [0.1, 0.15) is 18.0 Å². The topological polar surface area (TPSA) is 70.1 Å². The summed E-state index contributed by atoms with van der Waals surface area (Å²) in [6.45, 7) is 3.14. The highest BCUT2D eigenvalue weighted by Crippen LogP contribution is 2.17. The molecule has 0 spiro atoms. The van der Waals surface area contributed by atoms with Crippen LogP contribution in [0.25, 0.3) is 0 Å². The molecule has 0 aliphatic rings. The molecule has 1 rings (SSSR count). The molecule has 0 aliphatic carbocycles. The van der Waals surface area contributed by atoms with Gasteiger partial charge in [-0.05, 0) is 19.1 Å². The monoisotopic (exact) mass is 256 g/mol. The molecule has 0 atom stereocenters. The van der Waals surface area contributed by atoms with E-state index in [0.29, 0.717) is 0 Å². The number of nitrogens with zero attached hydrogens (tertiary/aromatic N) is 2. The van der Waals surface area contributed by atoms with Gasteiger partial charge in [-0.15, -0.1) is 0 Å². The molecule has 0 bridgehead atoms. The van der Waals surface area contributed by atoms with E-state index >= 15 is 0 Å². The molecule has 0 radical (unpaired) electrons. The molecule has 96 valence electrons. The Hall–Kier alpha value is -1.01. The van der Waals surface area contributed by atoms with Crippen LogP contribution in [0.4, 0.5) is 11.6 Å². The average molecular weight is 256 g/mol. The first-order valence-corrected chi connectivity index (χ1v) is 6.87. The Morgan fingerprint density at radius 3 is 2.76 bits per heavy atom. The zero-order valence-electron chi connectivity index (χ0n) is 10.4. The van der Waals surface area contributed by atoms with E-state index in [1.165, 1.54) is 0 Å². The van der Waals surface area contributed by atoms with E-state index in [0.717, 1.165) is 41.7 Å². The van der Waals surface area contributed by atoms with E-state index in [4.69, 9.17) is 5.11 Å². The molecule has 1 heterocycles. The minimum Gasteiger partial charge on any atom is -0.396 e. The van der Waals surface area contributed by atoms with Crippen molar-refractivity contribution >= 4 is 23.4 Å². The lowest BCUT2D eigenvalue weighted by Crippen LogP contribution is -2.09. The van der Waals surface area contributed by atoms with Gasteiger partial charge in [0.05, 0.1) is 0 Å². The molecule has 0 fully saturated rings. The molecule has 0 saturated heterocycles. The third-order valence-corrected chi connectivity index (χ3v) is 3.38. The molecule has 0 aromatic carbocycles. The van der Waals surface area contributed by atoms with E-state index in [1.807, 2.05) is 25.7 Å². The van der Waals surface area contributed by atoms with Gasteiger partial charge < -0.3 is 15.7 Å². The van der Waals surface area contributed by atoms with E-state index < -0.39 is 0 Å². The summed E-state index contributed by atoms with van der Waals surface area (Å²) in [4.78, 5) is 8.34. The van der Waals surface area contributed by atoms with Crippen molar-refractivity contribution in [1.29, 1.82) is 0 Å². The normalized spacial score (nSPS) is 10.3. The largest absolute Gasteiger partial charge is 0.396 e. The third-order valence-electron chi connectivity index (χ3n) is 2.31. The van der Waals surface area contributed by atoms with Gasteiger partial charge in [-0.1, -0.05) is 0 Å². The molecule has 0 aliphatic heterocycles. The number of hydrogen-bond donors (Lipinski definition) is 3. The van der Waals surface area contributed by atoms with Crippen LogP contribution < -0.4 is 10.6 Å². The first-order valence-electron chi connectivity index (χ1n) is 5.71. The number of anilines is 2. The van der Waals surface area contributed by atoms with Crippen molar-refractivity contribution in [2.45, 2.75) is 13.3 Å². The Kier molecular flexibility index (Phi) is 6.73. The molecule has 0 saturated carbocycles. The minimum atomic E-state index is 0.275. The molecular weight excluding hydrogens is 236 g/mol. The average Bonchev–Trinajstić information content (AvgIpc) is 2.35. The van der Waals surface area contributed by atoms with Crippen LogP contribution >= 0.6 is 11.8 Å². The van der Waals surface area contributed by atoms with Crippen LogP contribution in [0.15, 0.2) is 6.33 Å². The van der Waals surface area contributed by atoms with Crippen LogP contribution in [0.5, 0.6) is 0 Å². The molecule has 5 nitrogen and oxygen atoms in total. The molecule has 6 heteroatoms. The summed E-state index contributed by atoms with van der Waals surface area (Å²) in [6.07, 6.45) is 2.42. The maximum Gasteiger partial charge on any atom is 0.134 e. The van der Waals surface area contributed by atoms with Crippen LogP contribution in [-0.2, 0) is 0 Å². The van der Waals surface area contributed by atoms with Crippen LogP contribution in [0.2, 0.25) is 0 Å². The number of aliphatic hydroxyl groups excluding tert-OH is 1. The number of aliphatic hydroxyl groups is 1. The fourth-order valence-corrected chi connectivity index (χ4v) is 2.17. The maximum atomic E-state index is 8.64. The fourth-order valence-electron chi connectivity index (χ4n) is 1.39. The Labute approximate surface area is 106 Å². The predicted octanol–water partition coefficient (Wildman–Crippen LogP) is 1.35. The number of thioether (sulfide) groups is 1. The Bertz CT molecular complexity index is 335. The fraction of sp³-hybridized carbons (Fsp3) is 0.636. The van der Waals surface area contributed by atoms with Gasteiger partial charge in [-0.25, -0.2) is 9.97 Å². The lowest BCUT2D eigenvalue weighted by Gasteiger charge is -2.10. The van der Waals surface area contributed by atoms with Crippen LogP contribution in [-0.4, -0.2) is 46.8 Å². The second kappa shape index (κ2) is 8.14. The molecule has 17 heavy (non-hydrogen) atoms. The summed E-state index contributed by atoms with van der Waals surface area (Å²) in [6, 6.07) is 0. The van der Waals surface area contributed by atoms with Crippen molar-refractivity contribution in [3.63, 3.8) is 0 Å². The zero-order chi connectivity index (χ0) is 12.5. The summed E-state index contributed by atoms with van der Waals surface area (Å²) in [5, 5.41) is 15.0. The van der Waals surface area contributed by atoms with E-state index in [-0.39, 0.29) is 6.61 Å². The van der Waals surface area contributed by atoms with Gasteiger partial charge in [0.15, 0.2) is 0 Å². The van der Waals surface area contributed by atoms with Gasteiger partial charge >= 0.3 is 0 Å². The first-order chi connectivity index (χ1) is 8.29.